The molecule has 1 amide bonds. The highest BCUT2D eigenvalue weighted by molar-refractivity contribution is 5.94. The number of benzene rings is 2. The van der Waals surface area contributed by atoms with Crippen molar-refractivity contribution in [3.8, 4) is 5.75 Å². The van der Waals surface area contributed by atoms with Crippen molar-refractivity contribution < 1.29 is 19.4 Å². The number of esters is 1. The third kappa shape index (κ3) is 5.08. The van der Waals surface area contributed by atoms with Crippen LogP contribution in [0.4, 0.5) is 0 Å². The lowest BCUT2D eigenvalue weighted by Gasteiger charge is -2.26. The number of rotatable bonds is 6. The van der Waals surface area contributed by atoms with Gasteiger partial charge in [0.05, 0.1) is 0 Å². The molecule has 2 rings (SSSR count). The smallest absolute Gasteiger partial charge is 0.342 e. The standard InChI is InChI=1S/C20H23NO4/c1-14(2)21(12-16-7-5-4-6-8-16)19(23)13-25-20(24)17-11-15(3)9-10-18(17)22/h4-11,14,22H,12-13H2,1-3H3. The maximum absolute atomic E-state index is 12.5. The number of aromatic hydroxyl groups is 1. The third-order valence-corrected chi connectivity index (χ3v) is 3.84. The molecule has 5 heteroatoms. The molecule has 0 bridgehead atoms. The maximum Gasteiger partial charge on any atom is 0.342 e. The molecule has 0 aliphatic carbocycles. The predicted molar refractivity (Wildman–Crippen MR) is 95.3 cm³/mol. The second-order valence-electron chi connectivity index (χ2n) is 6.20. The van der Waals surface area contributed by atoms with E-state index in [9.17, 15) is 14.7 Å². The molecule has 0 radical (unpaired) electrons. The Morgan fingerprint density at radius 1 is 1.12 bits per heavy atom. The number of nitrogens with zero attached hydrogens (tertiary/aromatic N) is 1. The van der Waals surface area contributed by atoms with Crippen LogP contribution in [0.25, 0.3) is 0 Å². The molecule has 2 aromatic rings. The lowest BCUT2D eigenvalue weighted by atomic mass is 10.1. The topological polar surface area (TPSA) is 66.8 Å². The molecule has 0 aromatic heterocycles. The lowest BCUT2D eigenvalue weighted by Crippen LogP contribution is -2.39. The van der Waals surface area contributed by atoms with Crippen LogP contribution in [0.2, 0.25) is 0 Å². The first-order chi connectivity index (χ1) is 11.9. The third-order valence-electron chi connectivity index (χ3n) is 3.84. The molecular weight excluding hydrogens is 318 g/mol. The molecule has 0 fully saturated rings. The summed E-state index contributed by atoms with van der Waals surface area (Å²) in [6, 6.07) is 14.3. The number of aryl methyl sites for hydroxylation is 1. The van der Waals surface area contributed by atoms with Gasteiger partial charge in [-0.05, 0) is 38.5 Å². The second-order valence-corrected chi connectivity index (χ2v) is 6.20. The predicted octanol–water partition coefficient (Wildman–Crippen LogP) is 3.29. The second kappa shape index (κ2) is 8.33. The fourth-order valence-corrected chi connectivity index (χ4v) is 2.44. The fraction of sp³-hybridized carbons (Fsp3) is 0.300. The molecule has 0 saturated heterocycles. The van der Waals surface area contributed by atoms with E-state index in [2.05, 4.69) is 0 Å². The van der Waals surface area contributed by atoms with E-state index in [0.717, 1.165) is 11.1 Å². The van der Waals surface area contributed by atoms with E-state index in [4.69, 9.17) is 4.74 Å². The van der Waals surface area contributed by atoms with E-state index in [0.29, 0.717) is 6.54 Å². The number of carbonyl (C=O) groups excluding carboxylic acids is 2. The highest BCUT2D eigenvalue weighted by Crippen LogP contribution is 2.19. The van der Waals surface area contributed by atoms with E-state index in [-0.39, 0.29) is 29.9 Å². The van der Waals surface area contributed by atoms with Gasteiger partial charge in [-0.25, -0.2) is 4.79 Å². The Hall–Kier alpha value is -2.82. The molecule has 2 aromatic carbocycles. The van der Waals surface area contributed by atoms with Crippen molar-refractivity contribution in [2.24, 2.45) is 0 Å². The molecule has 0 saturated carbocycles. The number of phenolic OH excluding ortho intramolecular Hbond substituents is 1. The summed E-state index contributed by atoms with van der Waals surface area (Å²) in [4.78, 5) is 26.2. The Morgan fingerprint density at radius 2 is 1.80 bits per heavy atom. The van der Waals surface area contributed by atoms with Gasteiger partial charge in [0, 0.05) is 12.6 Å². The van der Waals surface area contributed by atoms with Gasteiger partial charge in [-0.2, -0.15) is 0 Å². The Labute approximate surface area is 147 Å². The Kier molecular flexibility index (Phi) is 6.17. The minimum Gasteiger partial charge on any atom is -0.507 e. The van der Waals surface area contributed by atoms with Crippen molar-refractivity contribution in [3.05, 3.63) is 65.2 Å². The van der Waals surface area contributed by atoms with Crippen molar-refractivity contribution >= 4 is 11.9 Å². The van der Waals surface area contributed by atoms with Gasteiger partial charge in [0.2, 0.25) is 0 Å². The Balaban J connectivity index is 2.01. The highest BCUT2D eigenvalue weighted by Gasteiger charge is 2.20. The summed E-state index contributed by atoms with van der Waals surface area (Å²) in [7, 11) is 0. The van der Waals surface area contributed by atoms with E-state index in [1.54, 1.807) is 11.0 Å². The number of carbonyl (C=O) groups is 2. The van der Waals surface area contributed by atoms with Gasteiger partial charge < -0.3 is 14.7 Å². The quantitative estimate of drug-likeness (QED) is 0.819. The lowest BCUT2D eigenvalue weighted by molar-refractivity contribution is -0.136. The number of hydrogen-bond acceptors (Lipinski definition) is 4. The van der Waals surface area contributed by atoms with Crippen LogP contribution >= 0.6 is 0 Å². The average Bonchev–Trinajstić information content (AvgIpc) is 2.60. The number of hydrogen-bond donors (Lipinski definition) is 1. The van der Waals surface area contributed by atoms with Crippen molar-refractivity contribution in [2.45, 2.75) is 33.4 Å². The summed E-state index contributed by atoms with van der Waals surface area (Å²) in [6.45, 7) is 5.72. The number of phenols is 1. The molecule has 0 aliphatic heterocycles. The highest BCUT2D eigenvalue weighted by atomic mass is 16.5. The summed E-state index contributed by atoms with van der Waals surface area (Å²) in [6.07, 6.45) is 0. The van der Waals surface area contributed by atoms with Crippen LogP contribution in [-0.4, -0.2) is 34.5 Å². The normalized spacial score (nSPS) is 10.6. The Morgan fingerprint density at radius 3 is 2.44 bits per heavy atom. The Bertz CT molecular complexity index is 741. The molecule has 0 spiro atoms. The van der Waals surface area contributed by atoms with Crippen LogP contribution in [0.5, 0.6) is 5.75 Å². The zero-order chi connectivity index (χ0) is 18.4. The van der Waals surface area contributed by atoms with Crippen molar-refractivity contribution in [1.29, 1.82) is 0 Å². The summed E-state index contributed by atoms with van der Waals surface area (Å²) in [5, 5.41) is 9.77. The molecule has 0 heterocycles. The van der Waals surface area contributed by atoms with Crippen LogP contribution in [-0.2, 0) is 16.1 Å². The minimum absolute atomic E-state index is 0.0289. The molecule has 0 unspecified atom stereocenters. The molecule has 0 atom stereocenters. The van der Waals surface area contributed by atoms with Crippen LogP contribution < -0.4 is 0 Å². The zero-order valence-electron chi connectivity index (χ0n) is 14.7. The van der Waals surface area contributed by atoms with Crippen molar-refractivity contribution in [2.75, 3.05) is 6.61 Å². The fourth-order valence-electron chi connectivity index (χ4n) is 2.44. The molecule has 1 N–H and O–H groups in total. The molecule has 5 nitrogen and oxygen atoms in total. The SMILES string of the molecule is Cc1ccc(O)c(C(=O)OCC(=O)N(Cc2ccccc2)C(C)C)c1. The van der Waals surface area contributed by atoms with Crippen LogP contribution in [0.15, 0.2) is 48.5 Å². The van der Waals surface area contributed by atoms with Crippen LogP contribution in [0, 0.1) is 6.92 Å². The number of ether oxygens (including phenoxy) is 1. The summed E-state index contributed by atoms with van der Waals surface area (Å²) >= 11 is 0. The largest absolute Gasteiger partial charge is 0.507 e. The first-order valence-corrected chi connectivity index (χ1v) is 8.18. The van der Waals surface area contributed by atoms with Gasteiger partial charge in [0.15, 0.2) is 6.61 Å². The molecule has 0 aliphatic rings. The van der Waals surface area contributed by atoms with Crippen LogP contribution in [0.1, 0.15) is 35.3 Å². The summed E-state index contributed by atoms with van der Waals surface area (Å²) < 4.78 is 5.10. The van der Waals surface area contributed by atoms with Gasteiger partial charge in [-0.3, -0.25) is 4.79 Å². The molecule has 25 heavy (non-hydrogen) atoms. The van der Waals surface area contributed by atoms with Crippen molar-refractivity contribution in [1.82, 2.24) is 4.90 Å². The van der Waals surface area contributed by atoms with Gasteiger partial charge in [-0.1, -0.05) is 42.0 Å². The van der Waals surface area contributed by atoms with E-state index in [1.807, 2.05) is 51.1 Å². The van der Waals surface area contributed by atoms with Gasteiger partial charge in [-0.15, -0.1) is 0 Å². The molecular formula is C20H23NO4. The average molecular weight is 341 g/mol. The minimum atomic E-state index is -0.710. The van der Waals surface area contributed by atoms with E-state index < -0.39 is 5.97 Å². The molecule has 132 valence electrons. The van der Waals surface area contributed by atoms with Gasteiger partial charge in [0.25, 0.3) is 5.91 Å². The summed E-state index contributed by atoms with van der Waals surface area (Å²) in [5.41, 5.74) is 1.89. The maximum atomic E-state index is 12.5. The monoisotopic (exact) mass is 341 g/mol. The zero-order valence-corrected chi connectivity index (χ0v) is 14.7. The number of amides is 1. The van der Waals surface area contributed by atoms with E-state index in [1.165, 1.54) is 12.1 Å². The van der Waals surface area contributed by atoms with Gasteiger partial charge in [0.1, 0.15) is 11.3 Å². The van der Waals surface area contributed by atoms with E-state index >= 15 is 0 Å². The van der Waals surface area contributed by atoms with Gasteiger partial charge >= 0.3 is 5.97 Å². The first-order valence-electron chi connectivity index (χ1n) is 8.18. The first kappa shape index (κ1) is 18.5. The van der Waals surface area contributed by atoms with Crippen molar-refractivity contribution in [3.63, 3.8) is 0 Å². The van der Waals surface area contributed by atoms with Crippen LogP contribution in [0.3, 0.4) is 0 Å². The summed E-state index contributed by atoms with van der Waals surface area (Å²) in [5.74, 6) is -1.15.